The van der Waals surface area contributed by atoms with Crippen molar-refractivity contribution in [2.24, 2.45) is 0 Å². The monoisotopic (exact) mass is 471 g/mol. The average Bonchev–Trinajstić information content (AvgIpc) is 2.82. The maximum Gasteiger partial charge on any atom is 0.253 e. The van der Waals surface area contributed by atoms with Crippen molar-refractivity contribution in [2.45, 2.75) is 17.8 Å². The lowest BCUT2D eigenvalue weighted by molar-refractivity contribution is 0.0643. The van der Waals surface area contributed by atoms with Gasteiger partial charge in [0.2, 0.25) is 0 Å². The fourth-order valence-electron chi connectivity index (χ4n) is 3.53. The Morgan fingerprint density at radius 1 is 1.12 bits per heavy atom. The Labute approximate surface area is 200 Å². The molecule has 170 valence electrons. The molecule has 0 radical (unpaired) electrons. The highest BCUT2D eigenvalue weighted by atomic mass is 35.5. The van der Waals surface area contributed by atoms with Crippen LogP contribution in [0.15, 0.2) is 60.8 Å². The predicted octanol–water partition coefficient (Wildman–Crippen LogP) is 4.38. The van der Waals surface area contributed by atoms with Crippen molar-refractivity contribution in [3.63, 3.8) is 0 Å². The smallest absolute Gasteiger partial charge is 0.253 e. The number of likely N-dealkylation sites (N-methyl/N-ethyl adjacent to an activating group) is 1. The van der Waals surface area contributed by atoms with Crippen molar-refractivity contribution in [1.29, 1.82) is 0 Å². The van der Waals surface area contributed by atoms with Crippen molar-refractivity contribution in [1.82, 2.24) is 19.8 Å². The summed E-state index contributed by atoms with van der Waals surface area (Å²) >= 11 is 7.75. The molecule has 1 fully saturated rings. The van der Waals surface area contributed by atoms with Crippen LogP contribution < -0.4 is 4.90 Å². The molecule has 1 aromatic heterocycles. The zero-order chi connectivity index (χ0) is 22.9. The molecule has 3 rings (SSSR count). The number of nitrogens with zero attached hydrogens (tertiary/aromatic N) is 5. The van der Waals surface area contributed by atoms with Crippen molar-refractivity contribution < 1.29 is 4.79 Å². The first-order valence-corrected chi connectivity index (χ1v) is 12.1. The first kappa shape index (κ1) is 24.3. The summed E-state index contributed by atoms with van der Waals surface area (Å²) in [4.78, 5) is 28.1. The fourth-order valence-corrected chi connectivity index (χ4v) is 4.56. The van der Waals surface area contributed by atoms with Crippen LogP contribution in [-0.4, -0.2) is 71.5 Å². The molecule has 1 amide bonds. The minimum atomic E-state index is 0.104. The number of rotatable bonds is 10. The third-order valence-electron chi connectivity index (χ3n) is 5.36. The SMILES string of the molecule is C=CCN(CC=C)c1cc(Cl)nc(SCc2ccc(C(=O)N3CCN(CC)CC3)cc2)n1. The molecule has 0 N–H and O–H groups in total. The molecule has 1 aromatic carbocycles. The molecule has 0 spiro atoms. The number of hydrogen-bond acceptors (Lipinski definition) is 6. The van der Waals surface area contributed by atoms with Crippen LogP contribution in [0.1, 0.15) is 22.8 Å². The Morgan fingerprint density at radius 2 is 1.78 bits per heavy atom. The van der Waals surface area contributed by atoms with E-state index in [0.29, 0.717) is 29.2 Å². The van der Waals surface area contributed by atoms with E-state index in [4.69, 9.17) is 11.6 Å². The number of aromatic nitrogens is 2. The number of benzene rings is 1. The minimum Gasteiger partial charge on any atom is -0.349 e. The third-order valence-corrected chi connectivity index (χ3v) is 6.47. The van der Waals surface area contributed by atoms with Crippen molar-refractivity contribution in [2.75, 3.05) is 50.7 Å². The van der Waals surface area contributed by atoms with Gasteiger partial charge in [-0.15, -0.1) is 13.2 Å². The van der Waals surface area contributed by atoms with E-state index in [1.807, 2.05) is 46.2 Å². The van der Waals surface area contributed by atoms with E-state index >= 15 is 0 Å². The first-order chi connectivity index (χ1) is 15.5. The Hall–Kier alpha value is -2.35. The van der Waals surface area contributed by atoms with Gasteiger partial charge in [-0.05, 0) is 24.2 Å². The van der Waals surface area contributed by atoms with E-state index < -0.39 is 0 Å². The van der Waals surface area contributed by atoms with Gasteiger partial charge >= 0.3 is 0 Å². The molecule has 6 nitrogen and oxygen atoms in total. The molecule has 0 aliphatic carbocycles. The molecule has 0 bridgehead atoms. The number of carbonyl (C=O) groups excluding carboxylic acids is 1. The van der Waals surface area contributed by atoms with E-state index in [9.17, 15) is 4.79 Å². The lowest BCUT2D eigenvalue weighted by Crippen LogP contribution is -2.48. The van der Waals surface area contributed by atoms with Gasteiger partial charge in [-0.1, -0.05) is 54.6 Å². The quantitative estimate of drug-likeness (QED) is 0.222. The van der Waals surface area contributed by atoms with E-state index in [1.54, 1.807) is 6.07 Å². The van der Waals surface area contributed by atoms with Crippen LogP contribution in [0.2, 0.25) is 5.15 Å². The number of amides is 1. The Balaban J connectivity index is 1.61. The third kappa shape index (κ3) is 6.58. The summed E-state index contributed by atoms with van der Waals surface area (Å²) in [7, 11) is 0. The van der Waals surface area contributed by atoms with Gasteiger partial charge in [0.1, 0.15) is 11.0 Å². The maximum absolute atomic E-state index is 12.8. The highest BCUT2D eigenvalue weighted by Crippen LogP contribution is 2.25. The molecule has 1 aliphatic heterocycles. The topological polar surface area (TPSA) is 52.6 Å². The van der Waals surface area contributed by atoms with E-state index in [0.717, 1.165) is 49.7 Å². The second-order valence-electron chi connectivity index (χ2n) is 7.53. The first-order valence-electron chi connectivity index (χ1n) is 10.8. The normalized spacial score (nSPS) is 14.2. The maximum atomic E-state index is 12.8. The van der Waals surface area contributed by atoms with Crippen LogP contribution in [0, 0.1) is 0 Å². The Morgan fingerprint density at radius 3 is 2.38 bits per heavy atom. The number of halogens is 1. The van der Waals surface area contributed by atoms with E-state index in [-0.39, 0.29) is 5.91 Å². The predicted molar refractivity (Wildman–Crippen MR) is 134 cm³/mol. The fraction of sp³-hybridized carbons (Fsp3) is 0.375. The Bertz CT molecular complexity index is 918. The van der Waals surface area contributed by atoms with E-state index in [2.05, 4.69) is 34.9 Å². The van der Waals surface area contributed by atoms with E-state index in [1.165, 1.54) is 11.8 Å². The van der Waals surface area contributed by atoms with Gasteiger partial charge in [-0.3, -0.25) is 4.79 Å². The molecular formula is C24H30ClN5OS. The van der Waals surface area contributed by atoms with Gasteiger partial charge in [-0.2, -0.15) is 0 Å². The van der Waals surface area contributed by atoms with Crippen molar-refractivity contribution >= 4 is 35.1 Å². The summed E-state index contributed by atoms with van der Waals surface area (Å²) in [6, 6.07) is 9.56. The van der Waals surface area contributed by atoms with Gasteiger partial charge in [0.15, 0.2) is 5.16 Å². The molecule has 2 aromatic rings. The summed E-state index contributed by atoms with van der Waals surface area (Å²) in [6.45, 7) is 15.5. The van der Waals surface area contributed by atoms with Gasteiger partial charge in [-0.25, -0.2) is 9.97 Å². The van der Waals surface area contributed by atoms with Crippen LogP contribution >= 0.6 is 23.4 Å². The van der Waals surface area contributed by atoms with Crippen LogP contribution in [0.4, 0.5) is 5.82 Å². The van der Waals surface area contributed by atoms with Crippen molar-refractivity contribution in [3.05, 3.63) is 71.9 Å². The molecule has 32 heavy (non-hydrogen) atoms. The lowest BCUT2D eigenvalue weighted by atomic mass is 10.1. The van der Waals surface area contributed by atoms with Crippen LogP contribution in [0.25, 0.3) is 0 Å². The van der Waals surface area contributed by atoms with Crippen LogP contribution in [0.5, 0.6) is 0 Å². The molecule has 0 saturated carbocycles. The number of piperazine rings is 1. The molecule has 2 heterocycles. The zero-order valence-electron chi connectivity index (χ0n) is 18.5. The minimum absolute atomic E-state index is 0.104. The second kappa shape index (κ2) is 12.0. The number of carbonyl (C=O) groups is 1. The Kier molecular flexibility index (Phi) is 9.14. The molecule has 0 atom stereocenters. The summed E-state index contributed by atoms with van der Waals surface area (Å²) in [5, 5.41) is 1.01. The standard InChI is InChI=1S/C24H30ClN5OS/c1-4-11-29(12-5-2)22-17-21(25)26-24(27-22)32-18-19-7-9-20(10-8-19)23(31)30-15-13-28(6-3)14-16-30/h4-5,7-10,17H,1-2,6,11-16,18H2,3H3. The number of thioether (sulfide) groups is 1. The summed E-state index contributed by atoms with van der Waals surface area (Å²) in [5.41, 5.74) is 1.83. The lowest BCUT2D eigenvalue weighted by Gasteiger charge is -2.34. The van der Waals surface area contributed by atoms with Crippen LogP contribution in [0.3, 0.4) is 0 Å². The van der Waals surface area contributed by atoms with Gasteiger partial charge in [0.05, 0.1) is 0 Å². The second-order valence-corrected chi connectivity index (χ2v) is 8.86. The summed E-state index contributed by atoms with van der Waals surface area (Å²) in [6.07, 6.45) is 3.64. The summed E-state index contributed by atoms with van der Waals surface area (Å²) < 4.78 is 0. The van der Waals surface area contributed by atoms with Gasteiger partial charge < -0.3 is 14.7 Å². The van der Waals surface area contributed by atoms with Crippen molar-refractivity contribution in [3.8, 4) is 0 Å². The molecule has 8 heteroatoms. The number of hydrogen-bond donors (Lipinski definition) is 0. The highest BCUT2D eigenvalue weighted by Gasteiger charge is 2.21. The highest BCUT2D eigenvalue weighted by molar-refractivity contribution is 7.98. The largest absolute Gasteiger partial charge is 0.349 e. The average molecular weight is 472 g/mol. The van der Waals surface area contributed by atoms with Gasteiger partial charge in [0, 0.05) is 56.7 Å². The summed E-state index contributed by atoms with van der Waals surface area (Å²) in [5.74, 6) is 1.54. The molecule has 0 unspecified atom stereocenters. The van der Waals surface area contributed by atoms with Gasteiger partial charge in [0.25, 0.3) is 5.91 Å². The van der Waals surface area contributed by atoms with Crippen LogP contribution in [-0.2, 0) is 5.75 Å². The molecular weight excluding hydrogens is 442 g/mol. The molecule has 1 aliphatic rings. The zero-order valence-corrected chi connectivity index (χ0v) is 20.1. The molecule has 1 saturated heterocycles. The number of anilines is 1.